The van der Waals surface area contributed by atoms with Crippen molar-refractivity contribution in [3.05, 3.63) is 57.6 Å². The van der Waals surface area contributed by atoms with E-state index in [-0.39, 0.29) is 16.5 Å². The van der Waals surface area contributed by atoms with E-state index in [9.17, 15) is 23.3 Å². The second-order valence-electron chi connectivity index (χ2n) is 6.08. The first-order valence-electron chi connectivity index (χ1n) is 7.88. The van der Waals surface area contributed by atoms with Crippen LogP contribution >= 0.6 is 0 Å². The van der Waals surface area contributed by atoms with Gasteiger partial charge in [0.15, 0.2) is 0 Å². The van der Waals surface area contributed by atoms with Crippen LogP contribution in [-0.4, -0.2) is 25.8 Å². The van der Waals surface area contributed by atoms with Crippen molar-refractivity contribution in [3.63, 3.8) is 0 Å². The van der Waals surface area contributed by atoms with E-state index in [1.54, 1.807) is 30.0 Å². The maximum absolute atomic E-state index is 12.7. The molecule has 0 radical (unpaired) electrons. The van der Waals surface area contributed by atoms with Gasteiger partial charge in [0.1, 0.15) is 0 Å². The maximum atomic E-state index is 12.7. The minimum absolute atomic E-state index is 0.113. The summed E-state index contributed by atoms with van der Waals surface area (Å²) < 4.78 is 27.8. The van der Waals surface area contributed by atoms with Crippen molar-refractivity contribution < 1.29 is 18.1 Å². The highest BCUT2D eigenvalue weighted by Crippen LogP contribution is 2.32. The molecule has 2 aromatic carbocycles. The highest BCUT2D eigenvalue weighted by molar-refractivity contribution is 7.92. The van der Waals surface area contributed by atoms with Gasteiger partial charge in [-0.2, -0.15) is 0 Å². The Kier molecular flexibility index (Phi) is 4.41. The van der Waals surface area contributed by atoms with Gasteiger partial charge in [0.05, 0.1) is 15.5 Å². The second kappa shape index (κ2) is 6.41. The molecule has 1 aliphatic heterocycles. The molecule has 0 fully saturated rings. The number of anilines is 2. The van der Waals surface area contributed by atoms with Crippen LogP contribution in [0, 0.1) is 17.0 Å². The van der Waals surface area contributed by atoms with E-state index in [1.807, 2.05) is 0 Å². The van der Waals surface area contributed by atoms with Gasteiger partial charge >= 0.3 is 0 Å². The SMILES string of the molecule is CC(=O)N1CCc2ccc(NS(=O)(=O)c3cc([N+](=O)[O-])ccc3C)cc21. The molecule has 1 aliphatic rings. The van der Waals surface area contributed by atoms with Crippen LogP contribution in [0.25, 0.3) is 0 Å². The Morgan fingerprint density at radius 2 is 1.96 bits per heavy atom. The number of nitrogens with zero attached hydrogens (tertiary/aromatic N) is 2. The number of aryl methyl sites for hydroxylation is 1. The van der Waals surface area contributed by atoms with E-state index in [2.05, 4.69) is 4.72 Å². The first kappa shape index (κ1) is 17.9. The number of carbonyl (C=O) groups excluding carboxylic acids is 1. The normalized spacial score (nSPS) is 13.4. The minimum Gasteiger partial charge on any atom is -0.312 e. The Morgan fingerprint density at radius 1 is 1.23 bits per heavy atom. The standard InChI is InChI=1S/C17H17N3O5S/c1-11-3-6-15(20(22)23)10-17(11)26(24,25)18-14-5-4-13-7-8-19(12(2)21)16(13)9-14/h3-6,9-10,18H,7-8H2,1-2H3. The minimum atomic E-state index is -4.01. The van der Waals surface area contributed by atoms with Crippen LogP contribution in [0.15, 0.2) is 41.3 Å². The number of nitrogens with one attached hydrogen (secondary N) is 1. The van der Waals surface area contributed by atoms with Gasteiger partial charge in [0, 0.05) is 31.3 Å². The molecule has 0 bridgehead atoms. The molecule has 136 valence electrons. The molecule has 1 N–H and O–H groups in total. The highest BCUT2D eigenvalue weighted by atomic mass is 32.2. The first-order valence-corrected chi connectivity index (χ1v) is 9.36. The lowest BCUT2D eigenvalue weighted by Gasteiger charge is -2.16. The fourth-order valence-electron chi connectivity index (χ4n) is 2.97. The van der Waals surface area contributed by atoms with E-state index in [4.69, 9.17) is 0 Å². The van der Waals surface area contributed by atoms with E-state index in [0.29, 0.717) is 29.9 Å². The Morgan fingerprint density at radius 3 is 2.62 bits per heavy atom. The van der Waals surface area contributed by atoms with Crippen LogP contribution in [0.3, 0.4) is 0 Å². The van der Waals surface area contributed by atoms with E-state index >= 15 is 0 Å². The molecule has 0 saturated carbocycles. The van der Waals surface area contributed by atoms with Gasteiger partial charge in [-0.1, -0.05) is 12.1 Å². The summed E-state index contributed by atoms with van der Waals surface area (Å²) in [6, 6.07) is 8.69. The van der Waals surface area contributed by atoms with Gasteiger partial charge in [0.25, 0.3) is 15.7 Å². The van der Waals surface area contributed by atoms with Crippen molar-refractivity contribution in [2.45, 2.75) is 25.2 Å². The molecule has 9 heteroatoms. The van der Waals surface area contributed by atoms with Crippen molar-refractivity contribution in [2.75, 3.05) is 16.2 Å². The number of nitro benzene ring substituents is 1. The first-order chi connectivity index (χ1) is 12.2. The molecule has 1 heterocycles. The highest BCUT2D eigenvalue weighted by Gasteiger charge is 2.24. The summed E-state index contributed by atoms with van der Waals surface area (Å²) in [5.74, 6) is -0.113. The largest absolute Gasteiger partial charge is 0.312 e. The summed E-state index contributed by atoms with van der Waals surface area (Å²) in [7, 11) is -4.01. The molecular weight excluding hydrogens is 358 g/mol. The van der Waals surface area contributed by atoms with Crippen LogP contribution in [-0.2, 0) is 21.2 Å². The smallest absolute Gasteiger partial charge is 0.270 e. The molecule has 0 atom stereocenters. The molecule has 0 aromatic heterocycles. The summed E-state index contributed by atoms with van der Waals surface area (Å²) in [6.07, 6.45) is 0.714. The summed E-state index contributed by atoms with van der Waals surface area (Å²) in [5, 5.41) is 10.9. The van der Waals surface area contributed by atoms with Gasteiger partial charge in [-0.25, -0.2) is 8.42 Å². The van der Waals surface area contributed by atoms with Crippen LogP contribution in [0.4, 0.5) is 17.1 Å². The average Bonchev–Trinajstić information content (AvgIpc) is 2.97. The third-order valence-electron chi connectivity index (χ3n) is 4.29. The lowest BCUT2D eigenvalue weighted by atomic mass is 10.1. The number of rotatable bonds is 4. The number of nitro groups is 1. The zero-order chi connectivity index (χ0) is 19.1. The molecule has 0 saturated heterocycles. The topological polar surface area (TPSA) is 110 Å². The van der Waals surface area contributed by atoms with Crippen LogP contribution < -0.4 is 9.62 Å². The monoisotopic (exact) mass is 375 g/mol. The molecule has 3 rings (SSSR count). The number of fused-ring (bicyclic) bond motifs is 1. The lowest BCUT2D eigenvalue weighted by Crippen LogP contribution is -2.25. The Bertz CT molecular complexity index is 1020. The lowest BCUT2D eigenvalue weighted by molar-refractivity contribution is -0.385. The van der Waals surface area contributed by atoms with Crippen molar-refractivity contribution >= 4 is 33.0 Å². The number of non-ortho nitro benzene ring substituents is 1. The molecule has 8 nitrogen and oxygen atoms in total. The summed E-state index contributed by atoms with van der Waals surface area (Å²) >= 11 is 0. The summed E-state index contributed by atoms with van der Waals surface area (Å²) in [6.45, 7) is 3.59. The molecule has 0 spiro atoms. The number of sulfonamides is 1. The van der Waals surface area contributed by atoms with E-state index in [1.165, 1.54) is 19.1 Å². The predicted octanol–water partition coefficient (Wildman–Crippen LogP) is 2.61. The zero-order valence-electron chi connectivity index (χ0n) is 14.2. The van der Waals surface area contributed by atoms with Gasteiger partial charge in [-0.05, 0) is 36.6 Å². The zero-order valence-corrected chi connectivity index (χ0v) is 15.0. The number of carbonyl (C=O) groups is 1. The molecule has 0 unspecified atom stereocenters. The third-order valence-corrected chi connectivity index (χ3v) is 5.81. The van der Waals surface area contributed by atoms with Crippen molar-refractivity contribution in [1.82, 2.24) is 0 Å². The molecule has 0 aliphatic carbocycles. The van der Waals surface area contributed by atoms with Gasteiger partial charge in [-0.3, -0.25) is 19.6 Å². The van der Waals surface area contributed by atoms with Crippen molar-refractivity contribution in [1.29, 1.82) is 0 Å². The third kappa shape index (κ3) is 3.25. The van der Waals surface area contributed by atoms with Gasteiger partial charge in [-0.15, -0.1) is 0 Å². The molecule has 1 amide bonds. The van der Waals surface area contributed by atoms with E-state index < -0.39 is 14.9 Å². The number of benzene rings is 2. The Hall–Kier alpha value is -2.94. The quantitative estimate of drug-likeness (QED) is 0.652. The molecular formula is C17H17N3O5S. The van der Waals surface area contributed by atoms with Crippen molar-refractivity contribution in [3.8, 4) is 0 Å². The number of hydrogen-bond donors (Lipinski definition) is 1. The average molecular weight is 375 g/mol. The van der Waals surface area contributed by atoms with Crippen molar-refractivity contribution in [2.24, 2.45) is 0 Å². The van der Waals surface area contributed by atoms with Crippen LogP contribution in [0.5, 0.6) is 0 Å². The fraction of sp³-hybridized carbons (Fsp3) is 0.235. The second-order valence-corrected chi connectivity index (χ2v) is 7.73. The maximum Gasteiger partial charge on any atom is 0.270 e. The Balaban J connectivity index is 1.97. The number of hydrogen-bond acceptors (Lipinski definition) is 5. The van der Waals surface area contributed by atoms with Gasteiger partial charge < -0.3 is 4.90 Å². The molecule has 26 heavy (non-hydrogen) atoms. The van der Waals surface area contributed by atoms with Crippen LogP contribution in [0.1, 0.15) is 18.1 Å². The number of amides is 1. The van der Waals surface area contributed by atoms with Gasteiger partial charge in [0.2, 0.25) is 5.91 Å². The van der Waals surface area contributed by atoms with E-state index in [0.717, 1.165) is 11.6 Å². The predicted molar refractivity (Wildman–Crippen MR) is 96.8 cm³/mol. The Labute approximate surface area is 150 Å². The summed E-state index contributed by atoms with van der Waals surface area (Å²) in [5.41, 5.74) is 2.04. The van der Waals surface area contributed by atoms with Crippen LogP contribution in [0.2, 0.25) is 0 Å². The summed E-state index contributed by atoms with van der Waals surface area (Å²) in [4.78, 5) is 23.4. The molecule has 2 aromatic rings. The fourth-order valence-corrected chi connectivity index (χ4v) is 4.29.